The van der Waals surface area contributed by atoms with Crippen molar-refractivity contribution in [3.8, 4) is 0 Å². The van der Waals surface area contributed by atoms with E-state index >= 15 is 0 Å². The second-order valence-electron chi connectivity index (χ2n) is 3.80. The number of anilines is 1. The Morgan fingerprint density at radius 1 is 1.47 bits per heavy atom. The van der Waals surface area contributed by atoms with E-state index in [0.717, 1.165) is 10.5 Å². The maximum absolute atomic E-state index is 12.0. The minimum atomic E-state index is -1.08. The maximum atomic E-state index is 12.0. The predicted molar refractivity (Wildman–Crippen MR) is 70.2 cm³/mol. The molecule has 3 N–H and O–H groups in total. The van der Waals surface area contributed by atoms with Crippen LogP contribution in [0.15, 0.2) is 23.1 Å². The number of hydrogen-bond donors (Lipinski definition) is 2. The highest BCUT2D eigenvalue weighted by molar-refractivity contribution is 7.85. The molecule has 1 aromatic carbocycles. The highest BCUT2D eigenvalue weighted by Gasteiger charge is 2.09. The van der Waals surface area contributed by atoms with Crippen LogP contribution in [0.25, 0.3) is 0 Å². The lowest BCUT2D eigenvalue weighted by Crippen LogP contribution is -2.18. The molecule has 94 valence electrons. The Kier molecular flexibility index (Phi) is 5.15. The first kappa shape index (κ1) is 13.7. The molecular weight excluding hydrogens is 236 g/mol. The zero-order valence-corrected chi connectivity index (χ0v) is 11.0. The van der Waals surface area contributed by atoms with E-state index in [1.54, 1.807) is 19.2 Å². The lowest BCUT2D eigenvalue weighted by atomic mass is 10.2. The molecule has 0 heterocycles. The van der Waals surface area contributed by atoms with E-state index in [4.69, 9.17) is 5.73 Å². The Hall–Kier alpha value is -1.36. The molecule has 1 amide bonds. The summed E-state index contributed by atoms with van der Waals surface area (Å²) in [4.78, 5) is 11.8. The van der Waals surface area contributed by atoms with Gasteiger partial charge in [0.1, 0.15) is 0 Å². The van der Waals surface area contributed by atoms with Crippen LogP contribution >= 0.6 is 0 Å². The third-order valence-corrected chi connectivity index (χ3v) is 4.18. The molecule has 0 saturated heterocycles. The standard InChI is InChI=1S/C12H18N2O2S/c1-9-10(13)5-3-6-11(9)17(16)8-4-7-12(15)14-2/h3,5-6H,4,7-8,13H2,1-2H3,(H,14,15). The van der Waals surface area contributed by atoms with Crippen molar-refractivity contribution in [3.63, 3.8) is 0 Å². The summed E-state index contributed by atoms with van der Waals surface area (Å²) in [6, 6.07) is 5.41. The highest BCUT2D eigenvalue weighted by Crippen LogP contribution is 2.19. The van der Waals surface area contributed by atoms with Gasteiger partial charge in [-0.1, -0.05) is 6.07 Å². The number of amides is 1. The van der Waals surface area contributed by atoms with Crippen LogP contribution in [0.4, 0.5) is 5.69 Å². The van der Waals surface area contributed by atoms with E-state index in [9.17, 15) is 9.00 Å². The number of nitrogen functional groups attached to an aromatic ring is 1. The molecule has 0 saturated carbocycles. The van der Waals surface area contributed by atoms with Crippen LogP contribution in [0.1, 0.15) is 18.4 Å². The number of benzene rings is 1. The molecular formula is C12H18N2O2S. The predicted octanol–water partition coefficient (Wildman–Crippen LogP) is 1.21. The monoisotopic (exact) mass is 254 g/mol. The van der Waals surface area contributed by atoms with Gasteiger partial charge in [0, 0.05) is 29.8 Å². The third kappa shape index (κ3) is 3.85. The topological polar surface area (TPSA) is 72.2 Å². The second-order valence-corrected chi connectivity index (χ2v) is 5.34. The van der Waals surface area contributed by atoms with Crippen LogP contribution in [-0.4, -0.2) is 22.9 Å². The van der Waals surface area contributed by atoms with Crippen LogP contribution in [-0.2, 0) is 15.6 Å². The van der Waals surface area contributed by atoms with Crippen molar-refractivity contribution in [3.05, 3.63) is 23.8 Å². The molecule has 0 bridgehead atoms. The molecule has 1 atom stereocenters. The molecule has 0 spiro atoms. The van der Waals surface area contributed by atoms with E-state index in [-0.39, 0.29) is 5.91 Å². The van der Waals surface area contributed by atoms with Gasteiger partial charge in [-0.3, -0.25) is 9.00 Å². The van der Waals surface area contributed by atoms with Crippen molar-refractivity contribution >= 4 is 22.4 Å². The molecule has 0 aliphatic heterocycles. The van der Waals surface area contributed by atoms with Gasteiger partial charge in [0.2, 0.25) is 5.91 Å². The molecule has 0 radical (unpaired) electrons. The van der Waals surface area contributed by atoms with Crippen molar-refractivity contribution in [1.82, 2.24) is 5.32 Å². The average Bonchev–Trinajstić information content (AvgIpc) is 2.32. The third-order valence-electron chi connectivity index (χ3n) is 2.58. The first-order valence-corrected chi connectivity index (χ1v) is 6.82. The Morgan fingerprint density at radius 2 is 2.18 bits per heavy atom. The second kappa shape index (κ2) is 6.39. The zero-order valence-electron chi connectivity index (χ0n) is 10.2. The molecule has 0 aliphatic carbocycles. The largest absolute Gasteiger partial charge is 0.398 e. The summed E-state index contributed by atoms with van der Waals surface area (Å²) in [6.07, 6.45) is 1.02. The molecule has 1 unspecified atom stereocenters. The minimum absolute atomic E-state index is 0.0219. The lowest BCUT2D eigenvalue weighted by Gasteiger charge is -2.07. The molecule has 0 aromatic heterocycles. The summed E-state index contributed by atoms with van der Waals surface area (Å²) in [5, 5.41) is 2.54. The van der Waals surface area contributed by atoms with Gasteiger partial charge >= 0.3 is 0 Å². The van der Waals surface area contributed by atoms with Crippen LogP contribution in [0.3, 0.4) is 0 Å². The fourth-order valence-corrected chi connectivity index (χ4v) is 2.79. The fourth-order valence-electron chi connectivity index (χ4n) is 1.48. The highest BCUT2D eigenvalue weighted by atomic mass is 32.2. The van der Waals surface area contributed by atoms with Gasteiger partial charge in [0.15, 0.2) is 0 Å². The van der Waals surface area contributed by atoms with Crippen molar-refractivity contribution < 1.29 is 9.00 Å². The van der Waals surface area contributed by atoms with Gasteiger partial charge in [0.05, 0.1) is 10.8 Å². The Morgan fingerprint density at radius 3 is 2.82 bits per heavy atom. The molecule has 5 heteroatoms. The zero-order chi connectivity index (χ0) is 12.8. The first-order valence-electron chi connectivity index (χ1n) is 5.50. The number of carbonyl (C=O) groups is 1. The van der Waals surface area contributed by atoms with E-state index in [1.165, 1.54) is 0 Å². The van der Waals surface area contributed by atoms with Gasteiger partial charge in [-0.05, 0) is 31.0 Å². The number of carbonyl (C=O) groups excluding carboxylic acids is 1. The summed E-state index contributed by atoms with van der Waals surface area (Å²) in [5.41, 5.74) is 7.28. The van der Waals surface area contributed by atoms with Gasteiger partial charge in [-0.25, -0.2) is 0 Å². The van der Waals surface area contributed by atoms with Crippen LogP contribution in [0.2, 0.25) is 0 Å². The summed E-state index contributed by atoms with van der Waals surface area (Å²) in [5.74, 6) is 0.462. The van der Waals surface area contributed by atoms with Gasteiger partial charge in [0.25, 0.3) is 0 Å². The van der Waals surface area contributed by atoms with Crippen LogP contribution in [0.5, 0.6) is 0 Å². The molecule has 0 fully saturated rings. The summed E-state index contributed by atoms with van der Waals surface area (Å²) < 4.78 is 12.0. The average molecular weight is 254 g/mol. The smallest absolute Gasteiger partial charge is 0.219 e. The van der Waals surface area contributed by atoms with Crippen molar-refractivity contribution in [2.75, 3.05) is 18.5 Å². The van der Waals surface area contributed by atoms with Gasteiger partial charge in [-0.2, -0.15) is 0 Å². The molecule has 4 nitrogen and oxygen atoms in total. The van der Waals surface area contributed by atoms with Crippen LogP contribution < -0.4 is 11.1 Å². The molecule has 17 heavy (non-hydrogen) atoms. The number of nitrogens with two attached hydrogens (primary N) is 1. The van der Waals surface area contributed by atoms with Crippen molar-refractivity contribution in [1.29, 1.82) is 0 Å². The summed E-state index contributed by atoms with van der Waals surface area (Å²) in [6.45, 7) is 1.86. The van der Waals surface area contributed by atoms with E-state index in [1.807, 2.05) is 13.0 Å². The van der Waals surface area contributed by atoms with E-state index < -0.39 is 10.8 Å². The molecule has 1 aromatic rings. The molecule has 1 rings (SSSR count). The van der Waals surface area contributed by atoms with Crippen molar-refractivity contribution in [2.45, 2.75) is 24.7 Å². The normalized spacial score (nSPS) is 12.1. The van der Waals surface area contributed by atoms with Crippen LogP contribution in [0, 0.1) is 6.92 Å². The maximum Gasteiger partial charge on any atom is 0.219 e. The number of hydrogen-bond acceptors (Lipinski definition) is 3. The van der Waals surface area contributed by atoms with E-state index in [0.29, 0.717) is 24.3 Å². The molecule has 0 aliphatic rings. The SMILES string of the molecule is CNC(=O)CCCS(=O)c1cccc(N)c1C. The minimum Gasteiger partial charge on any atom is -0.398 e. The van der Waals surface area contributed by atoms with E-state index in [2.05, 4.69) is 5.32 Å². The number of nitrogens with one attached hydrogen (secondary N) is 1. The lowest BCUT2D eigenvalue weighted by molar-refractivity contribution is -0.120. The van der Waals surface area contributed by atoms with Gasteiger partial charge < -0.3 is 11.1 Å². The van der Waals surface area contributed by atoms with Crippen molar-refractivity contribution in [2.24, 2.45) is 0 Å². The Balaban J connectivity index is 2.59. The van der Waals surface area contributed by atoms with Gasteiger partial charge in [-0.15, -0.1) is 0 Å². The quantitative estimate of drug-likeness (QED) is 0.776. The fraction of sp³-hybridized carbons (Fsp3) is 0.417. The summed E-state index contributed by atoms with van der Waals surface area (Å²) in [7, 11) is 0.515. The summed E-state index contributed by atoms with van der Waals surface area (Å²) >= 11 is 0. The Bertz CT molecular complexity index is 433. The first-order chi connectivity index (χ1) is 8.06. The number of rotatable bonds is 5. The Labute approximate surface area is 104 Å².